The topological polar surface area (TPSA) is 69.9 Å². The lowest BCUT2D eigenvalue weighted by atomic mass is 10.1. The molecule has 1 saturated carbocycles. The van der Waals surface area contributed by atoms with E-state index in [1.165, 1.54) is 18.4 Å². The maximum atomic E-state index is 12.4. The van der Waals surface area contributed by atoms with Crippen LogP contribution in [0, 0.1) is 5.92 Å². The second kappa shape index (κ2) is 7.17. The van der Waals surface area contributed by atoms with Crippen molar-refractivity contribution in [2.45, 2.75) is 32.2 Å². The van der Waals surface area contributed by atoms with Gasteiger partial charge in [-0.3, -0.25) is 9.59 Å². The van der Waals surface area contributed by atoms with Crippen molar-refractivity contribution in [3.05, 3.63) is 23.0 Å². The number of rotatable bonds is 4. The lowest BCUT2D eigenvalue weighted by Gasteiger charge is -2.05. The molecular formula is C17H20N2O4S. The number of carbonyl (C=O) groups is 2. The second-order valence-electron chi connectivity index (χ2n) is 5.81. The molecule has 0 N–H and O–H groups in total. The zero-order chi connectivity index (χ0) is 17.1. The number of nitrogens with zero attached hydrogens (tertiary/aromatic N) is 2. The summed E-state index contributed by atoms with van der Waals surface area (Å²) in [6, 6.07) is 5.57. The van der Waals surface area contributed by atoms with Crippen LogP contribution in [0.1, 0.15) is 25.7 Å². The first-order valence-corrected chi connectivity index (χ1v) is 8.77. The van der Waals surface area contributed by atoms with Gasteiger partial charge in [-0.25, -0.2) is 0 Å². The Hall–Kier alpha value is -2.15. The van der Waals surface area contributed by atoms with Gasteiger partial charge < -0.3 is 14.0 Å². The summed E-state index contributed by atoms with van der Waals surface area (Å²) in [7, 11) is 2.95. The molecule has 0 saturated heterocycles. The summed E-state index contributed by atoms with van der Waals surface area (Å²) in [6.45, 7) is 0.0274. The number of amides is 1. The van der Waals surface area contributed by atoms with Crippen molar-refractivity contribution in [1.82, 2.24) is 4.57 Å². The number of methoxy groups -OCH3 is 2. The Morgan fingerprint density at radius 3 is 2.71 bits per heavy atom. The molecule has 1 aliphatic carbocycles. The van der Waals surface area contributed by atoms with Crippen molar-refractivity contribution in [3.8, 4) is 5.75 Å². The zero-order valence-corrected chi connectivity index (χ0v) is 14.6. The Balaban J connectivity index is 2.08. The molecule has 1 fully saturated rings. The monoisotopic (exact) mass is 348 g/mol. The van der Waals surface area contributed by atoms with Crippen molar-refractivity contribution in [2.75, 3.05) is 14.2 Å². The first kappa shape index (κ1) is 16.7. The molecular weight excluding hydrogens is 328 g/mol. The molecule has 1 aromatic heterocycles. The van der Waals surface area contributed by atoms with E-state index in [4.69, 9.17) is 9.47 Å². The fourth-order valence-corrected chi connectivity index (χ4v) is 4.03. The van der Waals surface area contributed by atoms with E-state index in [-0.39, 0.29) is 24.3 Å². The van der Waals surface area contributed by atoms with Crippen molar-refractivity contribution in [2.24, 2.45) is 10.9 Å². The molecule has 0 aliphatic heterocycles. The number of hydrogen-bond acceptors (Lipinski definition) is 5. The lowest BCUT2D eigenvalue weighted by molar-refractivity contribution is -0.141. The highest BCUT2D eigenvalue weighted by Gasteiger charge is 2.22. The van der Waals surface area contributed by atoms with E-state index in [1.54, 1.807) is 11.7 Å². The zero-order valence-electron chi connectivity index (χ0n) is 13.8. The van der Waals surface area contributed by atoms with Crippen LogP contribution in [0.3, 0.4) is 0 Å². The second-order valence-corrected chi connectivity index (χ2v) is 6.82. The normalized spacial score (nSPS) is 15.8. The Labute approximate surface area is 143 Å². The van der Waals surface area contributed by atoms with E-state index in [1.807, 2.05) is 18.2 Å². The first-order chi connectivity index (χ1) is 11.6. The molecule has 24 heavy (non-hydrogen) atoms. The predicted octanol–water partition coefficient (Wildman–Crippen LogP) is 2.50. The maximum Gasteiger partial charge on any atom is 0.325 e. The van der Waals surface area contributed by atoms with Crippen molar-refractivity contribution in [1.29, 1.82) is 0 Å². The van der Waals surface area contributed by atoms with Crippen LogP contribution in [-0.2, 0) is 20.9 Å². The molecule has 2 aromatic rings. The van der Waals surface area contributed by atoms with Crippen molar-refractivity contribution >= 4 is 33.4 Å². The molecule has 0 spiro atoms. The minimum atomic E-state index is -0.375. The Bertz CT molecular complexity index is 831. The average Bonchev–Trinajstić information content (AvgIpc) is 3.23. The molecule has 7 heteroatoms. The van der Waals surface area contributed by atoms with Gasteiger partial charge in [0.15, 0.2) is 4.80 Å². The van der Waals surface area contributed by atoms with Crippen LogP contribution in [0.2, 0.25) is 0 Å². The Kier molecular flexibility index (Phi) is 4.99. The summed E-state index contributed by atoms with van der Waals surface area (Å²) in [6.07, 6.45) is 3.96. The Morgan fingerprint density at radius 1 is 1.29 bits per heavy atom. The molecule has 1 aliphatic rings. The van der Waals surface area contributed by atoms with Gasteiger partial charge >= 0.3 is 5.97 Å². The highest BCUT2D eigenvalue weighted by atomic mass is 32.1. The maximum absolute atomic E-state index is 12.4. The molecule has 3 rings (SSSR count). The molecule has 6 nitrogen and oxygen atoms in total. The van der Waals surface area contributed by atoms with E-state index >= 15 is 0 Å². The number of ether oxygens (including phenoxy) is 2. The third kappa shape index (κ3) is 3.36. The number of fused-ring (bicyclic) bond motifs is 1. The number of aromatic nitrogens is 1. The van der Waals surface area contributed by atoms with Gasteiger partial charge in [-0.2, -0.15) is 4.99 Å². The molecule has 0 bridgehead atoms. The van der Waals surface area contributed by atoms with E-state index in [0.29, 0.717) is 4.80 Å². The van der Waals surface area contributed by atoms with Crippen LogP contribution in [0.5, 0.6) is 5.75 Å². The predicted molar refractivity (Wildman–Crippen MR) is 90.9 cm³/mol. The minimum Gasteiger partial charge on any atom is -0.497 e. The van der Waals surface area contributed by atoms with Gasteiger partial charge in [0.05, 0.1) is 24.4 Å². The number of carbonyl (C=O) groups excluding carboxylic acids is 2. The van der Waals surface area contributed by atoms with Gasteiger partial charge in [0.25, 0.3) is 5.91 Å². The van der Waals surface area contributed by atoms with Gasteiger partial charge in [0.2, 0.25) is 0 Å². The average molecular weight is 348 g/mol. The van der Waals surface area contributed by atoms with Crippen LogP contribution in [-0.4, -0.2) is 30.7 Å². The lowest BCUT2D eigenvalue weighted by Crippen LogP contribution is -2.23. The van der Waals surface area contributed by atoms with Crippen molar-refractivity contribution in [3.63, 3.8) is 0 Å². The fourth-order valence-electron chi connectivity index (χ4n) is 2.97. The summed E-state index contributed by atoms with van der Waals surface area (Å²) in [5.74, 6) is 0.267. The summed E-state index contributed by atoms with van der Waals surface area (Å²) in [4.78, 5) is 29.0. The summed E-state index contributed by atoms with van der Waals surface area (Å²) < 4.78 is 12.7. The van der Waals surface area contributed by atoms with Gasteiger partial charge in [0.1, 0.15) is 12.3 Å². The fraction of sp³-hybridized carbons (Fsp3) is 0.471. The molecule has 1 aromatic carbocycles. The minimum absolute atomic E-state index is 0.0105. The molecule has 128 valence electrons. The number of esters is 1. The molecule has 0 unspecified atom stereocenters. The van der Waals surface area contributed by atoms with Gasteiger partial charge in [-0.1, -0.05) is 24.2 Å². The third-order valence-corrected chi connectivity index (χ3v) is 5.36. The number of thiazole rings is 1. The third-order valence-electron chi connectivity index (χ3n) is 4.32. The van der Waals surface area contributed by atoms with E-state index in [2.05, 4.69) is 4.99 Å². The van der Waals surface area contributed by atoms with Gasteiger partial charge in [-0.05, 0) is 31.0 Å². The molecule has 1 heterocycles. The molecule has 0 radical (unpaired) electrons. The summed E-state index contributed by atoms with van der Waals surface area (Å²) in [5.41, 5.74) is 0.837. The van der Waals surface area contributed by atoms with Gasteiger partial charge in [-0.15, -0.1) is 0 Å². The SMILES string of the molecule is COC(=O)Cn1c(=NC(=O)C2CCCC2)sc2cc(OC)ccc21. The van der Waals surface area contributed by atoms with E-state index in [9.17, 15) is 9.59 Å². The number of benzene rings is 1. The van der Waals surface area contributed by atoms with Crippen molar-refractivity contribution < 1.29 is 19.1 Å². The van der Waals surface area contributed by atoms with Crippen LogP contribution >= 0.6 is 11.3 Å². The van der Waals surface area contributed by atoms with Crippen LogP contribution in [0.4, 0.5) is 0 Å². The molecule has 1 amide bonds. The highest BCUT2D eigenvalue weighted by molar-refractivity contribution is 7.16. The van der Waals surface area contributed by atoms with Gasteiger partial charge in [0, 0.05) is 5.92 Å². The number of hydrogen-bond donors (Lipinski definition) is 0. The van der Waals surface area contributed by atoms with E-state index < -0.39 is 0 Å². The quantitative estimate of drug-likeness (QED) is 0.796. The first-order valence-electron chi connectivity index (χ1n) is 7.95. The van der Waals surface area contributed by atoms with E-state index in [0.717, 1.165) is 41.6 Å². The van der Waals surface area contributed by atoms with Crippen LogP contribution < -0.4 is 9.54 Å². The van der Waals surface area contributed by atoms with Crippen LogP contribution in [0.15, 0.2) is 23.2 Å². The standard InChI is InChI=1S/C17H20N2O4S/c1-22-12-7-8-13-14(9-12)24-17(19(13)10-15(20)23-2)18-16(21)11-5-3-4-6-11/h7-9,11H,3-6,10H2,1-2H3. The van der Waals surface area contributed by atoms with Crippen LogP contribution in [0.25, 0.3) is 10.2 Å². The summed E-state index contributed by atoms with van der Waals surface area (Å²) in [5, 5.41) is 0. The summed E-state index contributed by atoms with van der Waals surface area (Å²) >= 11 is 1.38. The highest BCUT2D eigenvalue weighted by Crippen LogP contribution is 2.26. The molecule has 0 atom stereocenters. The largest absolute Gasteiger partial charge is 0.497 e. The Morgan fingerprint density at radius 2 is 2.04 bits per heavy atom. The smallest absolute Gasteiger partial charge is 0.325 e.